The van der Waals surface area contributed by atoms with E-state index in [0.29, 0.717) is 11.3 Å². The van der Waals surface area contributed by atoms with Crippen molar-refractivity contribution in [2.75, 3.05) is 7.11 Å². The molecule has 0 unspecified atom stereocenters. The van der Waals surface area contributed by atoms with E-state index in [9.17, 15) is 9.90 Å². The van der Waals surface area contributed by atoms with Crippen LogP contribution in [0.4, 0.5) is 0 Å². The highest BCUT2D eigenvalue weighted by atomic mass is 16.5. The third-order valence-corrected chi connectivity index (χ3v) is 2.44. The van der Waals surface area contributed by atoms with E-state index >= 15 is 0 Å². The number of phenols is 1. The molecule has 0 fully saturated rings. The Kier molecular flexibility index (Phi) is 3.18. The van der Waals surface area contributed by atoms with Crippen molar-refractivity contribution in [2.45, 2.75) is 6.92 Å². The van der Waals surface area contributed by atoms with Crippen LogP contribution in [0.3, 0.4) is 0 Å². The molecule has 0 aliphatic heterocycles. The first-order valence-corrected chi connectivity index (χ1v) is 5.21. The molecule has 2 rings (SSSR count). The van der Waals surface area contributed by atoms with Crippen molar-refractivity contribution >= 4 is 0 Å². The van der Waals surface area contributed by atoms with Crippen molar-refractivity contribution in [1.29, 1.82) is 0 Å². The number of H-pyrrole nitrogens is 1. The molecule has 2 aromatic rings. The van der Waals surface area contributed by atoms with Crippen LogP contribution in [0.5, 0.6) is 23.1 Å². The Morgan fingerprint density at radius 1 is 1.39 bits per heavy atom. The van der Waals surface area contributed by atoms with Gasteiger partial charge in [0.1, 0.15) is 11.5 Å². The Morgan fingerprint density at radius 3 is 2.89 bits per heavy atom. The fourth-order valence-corrected chi connectivity index (χ4v) is 1.44. The SMILES string of the molecule is COc1c(Oc2cccc(O)c2C)nc[nH]c1=O. The summed E-state index contributed by atoms with van der Waals surface area (Å²) in [6, 6.07) is 4.85. The maximum atomic E-state index is 11.5. The van der Waals surface area contributed by atoms with E-state index in [1.807, 2.05) is 0 Å². The zero-order valence-corrected chi connectivity index (χ0v) is 9.93. The van der Waals surface area contributed by atoms with Crippen LogP contribution in [0.2, 0.25) is 0 Å². The summed E-state index contributed by atoms with van der Waals surface area (Å²) in [5.74, 6) is 0.554. The average Bonchev–Trinajstić information content (AvgIpc) is 2.35. The van der Waals surface area contributed by atoms with Gasteiger partial charge in [-0.2, -0.15) is 0 Å². The Labute approximate surface area is 103 Å². The van der Waals surface area contributed by atoms with Crippen LogP contribution in [0.25, 0.3) is 0 Å². The maximum absolute atomic E-state index is 11.5. The van der Waals surface area contributed by atoms with E-state index in [4.69, 9.17) is 9.47 Å². The molecule has 94 valence electrons. The zero-order chi connectivity index (χ0) is 13.1. The summed E-state index contributed by atoms with van der Waals surface area (Å²) in [4.78, 5) is 17.7. The first kappa shape index (κ1) is 12.0. The van der Waals surface area contributed by atoms with Crippen LogP contribution >= 0.6 is 0 Å². The van der Waals surface area contributed by atoms with Crippen LogP contribution in [0, 0.1) is 6.92 Å². The second kappa shape index (κ2) is 4.79. The molecule has 0 aliphatic rings. The molecule has 18 heavy (non-hydrogen) atoms. The van der Waals surface area contributed by atoms with Crippen LogP contribution in [0.15, 0.2) is 29.3 Å². The van der Waals surface area contributed by atoms with E-state index in [2.05, 4.69) is 9.97 Å². The summed E-state index contributed by atoms with van der Waals surface area (Å²) >= 11 is 0. The molecule has 0 saturated heterocycles. The minimum absolute atomic E-state index is 0.0137. The van der Waals surface area contributed by atoms with Gasteiger partial charge in [0.25, 0.3) is 11.4 Å². The highest BCUT2D eigenvalue weighted by Gasteiger charge is 2.13. The third-order valence-electron chi connectivity index (χ3n) is 2.44. The van der Waals surface area contributed by atoms with Crippen molar-refractivity contribution in [3.8, 4) is 23.1 Å². The predicted octanol–water partition coefficient (Wildman–Crippen LogP) is 1.58. The Balaban J connectivity index is 2.43. The quantitative estimate of drug-likeness (QED) is 0.861. The highest BCUT2D eigenvalue weighted by Crippen LogP contribution is 2.31. The second-order valence-electron chi connectivity index (χ2n) is 3.57. The molecule has 1 aromatic heterocycles. The average molecular weight is 248 g/mol. The number of aromatic hydroxyl groups is 1. The van der Waals surface area contributed by atoms with Crippen LogP contribution in [0.1, 0.15) is 5.56 Å². The lowest BCUT2D eigenvalue weighted by Gasteiger charge is -2.10. The predicted molar refractivity (Wildman–Crippen MR) is 64.3 cm³/mol. The van der Waals surface area contributed by atoms with Crippen molar-refractivity contribution in [2.24, 2.45) is 0 Å². The number of nitrogens with zero attached hydrogens (tertiary/aromatic N) is 1. The number of aromatic nitrogens is 2. The summed E-state index contributed by atoms with van der Waals surface area (Å²) in [6.45, 7) is 1.70. The van der Waals surface area contributed by atoms with Crippen molar-refractivity contribution < 1.29 is 14.6 Å². The molecular formula is C12H12N2O4. The molecule has 0 amide bonds. The van der Waals surface area contributed by atoms with E-state index in [1.165, 1.54) is 13.4 Å². The van der Waals surface area contributed by atoms with E-state index in [0.717, 1.165) is 0 Å². The molecule has 0 radical (unpaired) electrons. The van der Waals surface area contributed by atoms with Gasteiger partial charge in [0.2, 0.25) is 5.75 Å². The molecule has 0 bridgehead atoms. The molecule has 0 aliphatic carbocycles. The van der Waals surface area contributed by atoms with Gasteiger partial charge in [-0.05, 0) is 19.1 Å². The first-order valence-electron chi connectivity index (χ1n) is 5.21. The lowest BCUT2D eigenvalue weighted by molar-refractivity contribution is 0.360. The number of hydrogen-bond acceptors (Lipinski definition) is 5. The molecule has 1 aromatic carbocycles. The standard InChI is InChI=1S/C12H12N2O4/c1-7-8(15)4-3-5-9(7)18-12-10(17-2)11(16)13-6-14-12/h3-6,15H,1-2H3,(H,13,14,16). The molecule has 6 heteroatoms. The topological polar surface area (TPSA) is 84.4 Å². The molecule has 0 spiro atoms. The summed E-state index contributed by atoms with van der Waals surface area (Å²) in [6.07, 6.45) is 1.22. The molecule has 1 heterocycles. The van der Waals surface area contributed by atoms with E-state index < -0.39 is 5.56 Å². The number of phenolic OH excluding ortho intramolecular Hbond substituents is 1. The van der Waals surface area contributed by atoms with Crippen molar-refractivity contribution in [3.63, 3.8) is 0 Å². The number of nitrogens with one attached hydrogen (secondary N) is 1. The van der Waals surface area contributed by atoms with Gasteiger partial charge in [0, 0.05) is 5.56 Å². The number of hydrogen-bond donors (Lipinski definition) is 2. The number of methoxy groups -OCH3 is 1. The van der Waals surface area contributed by atoms with Crippen molar-refractivity contribution in [3.05, 3.63) is 40.4 Å². The largest absolute Gasteiger partial charge is 0.508 e. The first-order chi connectivity index (χ1) is 8.63. The maximum Gasteiger partial charge on any atom is 0.297 e. The van der Waals surface area contributed by atoms with Crippen molar-refractivity contribution in [1.82, 2.24) is 9.97 Å². The second-order valence-corrected chi connectivity index (χ2v) is 3.57. The number of benzene rings is 1. The Bertz CT molecular complexity index is 622. The molecular weight excluding hydrogens is 236 g/mol. The summed E-state index contributed by atoms with van der Waals surface area (Å²) in [7, 11) is 1.36. The van der Waals surface area contributed by atoms with Gasteiger partial charge >= 0.3 is 0 Å². The highest BCUT2D eigenvalue weighted by molar-refractivity contribution is 5.45. The summed E-state index contributed by atoms with van der Waals surface area (Å²) in [5, 5.41) is 9.56. The van der Waals surface area contributed by atoms with E-state index in [1.54, 1.807) is 25.1 Å². The minimum Gasteiger partial charge on any atom is -0.508 e. The van der Waals surface area contributed by atoms with Crippen LogP contribution in [-0.4, -0.2) is 22.2 Å². The fourth-order valence-electron chi connectivity index (χ4n) is 1.44. The molecule has 0 atom stereocenters. The summed E-state index contributed by atoms with van der Waals surface area (Å²) < 4.78 is 10.4. The monoisotopic (exact) mass is 248 g/mol. The van der Waals surface area contributed by atoms with Gasteiger partial charge in [-0.25, -0.2) is 4.98 Å². The minimum atomic E-state index is -0.430. The van der Waals surface area contributed by atoms with Gasteiger partial charge in [-0.1, -0.05) is 6.07 Å². The summed E-state index contributed by atoms with van der Waals surface area (Å²) in [5.41, 5.74) is 0.127. The van der Waals surface area contributed by atoms with Gasteiger partial charge in [0.15, 0.2) is 0 Å². The number of rotatable bonds is 3. The lowest BCUT2D eigenvalue weighted by atomic mass is 10.2. The number of aromatic amines is 1. The number of ether oxygens (including phenoxy) is 2. The van der Waals surface area contributed by atoms with Gasteiger partial charge < -0.3 is 19.6 Å². The van der Waals surface area contributed by atoms with E-state index in [-0.39, 0.29) is 17.4 Å². The van der Waals surface area contributed by atoms with Crippen LogP contribution < -0.4 is 15.0 Å². The Morgan fingerprint density at radius 2 is 2.17 bits per heavy atom. The molecule has 6 nitrogen and oxygen atoms in total. The molecule has 0 saturated carbocycles. The van der Waals surface area contributed by atoms with Gasteiger partial charge in [0.05, 0.1) is 13.4 Å². The Hall–Kier alpha value is -2.50. The van der Waals surface area contributed by atoms with Gasteiger partial charge in [-0.3, -0.25) is 4.79 Å². The lowest BCUT2D eigenvalue weighted by Crippen LogP contribution is -2.11. The smallest absolute Gasteiger partial charge is 0.297 e. The fraction of sp³-hybridized carbons (Fsp3) is 0.167. The normalized spacial score (nSPS) is 10.1. The van der Waals surface area contributed by atoms with Gasteiger partial charge in [-0.15, -0.1) is 0 Å². The third kappa shape index (κ3) is 2.13. The molecule has 2 N–H and O–H groups in total. The zero-order valence-electron chi connectivity index (χ0n) is 9.93. The van der Waals surface area contributed by atoms with Crippen LogP contribution in [-0.2, 0) is 0 Å².